The Morgan fingerprint density at radius 3 is 2.73 bits per heavy atom. The first-order valence-electron chi connectivity index (χ1n) is 5.37. The minimum atomic E-state index is 0.349. The molecule has 1 heterocycles. The van der Waals surface area contributed by atoms with Crippen molar-refractivity contribution >= 4 is 17.2 Å². The normalized spacial score (nSPS) is 13.1. The fraction of sp³-hybridized carbons (Fsp3) is 0.636. The van der Waals surface area contributed by atoms with Crippen LogP contribution in [0.15, 0.2) is 12.4 Å². The largest absolute Gasteiger partial charge is 0.393 e. The zero-order valence-electron chi connectivity index (χ0n) is 9.60. The second-order valence-electron chi connectivity index (χ2n) is 4.08. The Hall–Kier alpha value is -0.900. The van der Waals surface area contributed by atoms with E-state index < -0.39 is 0 Å². The highest BCUT2D eigenvalue weighted by atomic mass is 32.1. The van der Waals surface area contributed by atoms with Gasteiger partial charge in [0.25, 0.3) is 0 Å². The van der Waals surface area contributed by atoms with Gasteiger partial charge in [0.1, 0.15) is 5.82 Å². The summed E-state index contributed by atoms with van der Waals surface area (Å²) in [5.41, 5.74) is 5.60. The van der Waals surface area contributed by atoms with Gasteiger partial charge in [-0.05, 0) is 6.42 Å². The van der Waals surface area contributed by atoms with E-state index in [4.69, 9.17) is 18.0 Å². The fourth-order valence-electron chi connectivity index (χ4n) is 1.75. The monoisotopic (exact) mass is 225 g/mol. The molecule has 2 N–H and O–H groups in total. The second kappa shape index (κ2) is 5.26. The predicted octanol–water partition coefficient (Wildman–Crippen LogP) is 2.63. The van der Waals surface area contributed by atoms with E-state index in [9.17, 15) is 0 Å². The Bertz CT molecular complexity index is 330. The molecule has 0 spiro atoms. The molecule has 1 aromatic rings. The van der Waals surface area contributed by atoms with Gasteiger partial charge in [-0.25, -0.2) is 4.98 Å². The standard InChI is InChI=1S/C11H19N3S/c1-4-9(7-10(12)15)14-6-5-13-11(14)8(2)3/h5-6,8-9H,4,7H2,1-3H3,(H2,12,15). The van der Waals surface area contributed by atoms with Gasteiger partial charge in [0.2, 0.25) is 0 Å². The van der Waals surface area contributed by atoms with E-state index in [-0.39, 0.29) is 0 Å². The maximum atomic E-state index is 5.60. The Balaban J connectivity index is 2.91. The van der Waals surface area contributed by atoms with Gasteiger partial charge < -0.3 is 10.3 Å². The molecule has 0 fully saturated rings. The third-order valence-corrected chi connectivity index (χ3v) is 2.68. The van der Waals surface area contributed by atoms with Crippen molar-refractivity contribution in [2.24, 2.45) is 5.73 Å². The van der Waals surface area contributed by atoms with Gasteiger partial charge in [-0.1, -0.05) is 33.0 Å². The molecule has 0 saturated carbocycles. The highest BCUT2D eigenvalue weighted by Crippen LogP contribution is 2.22. The Labute approximate surface area is 96.7 Å². The molecule has 0 saturated heterocycles. The third kappa shape index (κ3) is 3.02. The zero-order valence-corrected chi connectivity index (χ0v) is 10.4. The lowest BCUT2D eigenvalue weighted by Gasteiger charge is -2.20. The van der Waals surface area contributed by atoms with Crippen LogP contribution in [0.2, 0.25) is 0 Å². The fourth-order valence-corrected chi connectivity index (χ4v) is 1.94. The summed E-state index contributed by atoms with van der Waals surface area (Å²) in [4.78, 5) is 4.95. The maximum absolute atomic E-state index is 5.60. The molecule has 1 aromatic heterocycles. The number of hydrogen-bond donors (Lipinski definition) is 1. The van der Waals surface area contributed by atoms with E-state index in [1.807, 2.05) is 12.4 Å². The summed E-state index contributed by atoms with van der Waals surface area (Å²) in [6.45, 7) is 6.44. The van der Waals surface area contributed by atoms with Crippen molar-refractivity contribution < 1.29 is 0 Å². The van der Waals surface area contributed by atoms with Crippen molar-refractivity contribution in [2.45, 2.75) is 45.6 Å². The molecule has 0 radical (unpaired) electrons. The smallest absolute Gasteiger partial charge is 0.111 e. The average molecular weight is 225 g/mol. The van der Waals surface area contributed by atoms with Crippen molar-refractivity contribution in [3.05, 3.63) is 18.2 Å². The van der Waals surface area contributed by atoms with Crippen LogP contribution in [0.4, 0.5) is 0 Å². The van der Waals surface area contributed by atoms with Crippen molar-refractivity contribution in [3.63, 3.8) is 0 Å². The summed E-state index contributed by atoms with van der Waals surface area (Å²) in [5, 5.41) is 0. The second-order valence-corrected chi connectivity index (χ2v) is 4.60. The lowest BCUT2D eigenvalue weighted by molar-refractivity contribution is 0.474. The zero-order chi connectivity index (χ0) is 11.4. The molecule has 0 aliphatic heterocycles. The van der Waals surface area contributed by atoms with Crippen LogP contribution in [0.5, 0.6) is 0 Å². The molecule has 3 nitrogen and oxygen atoms in total. The van der Waals surface area contributed by atoms with Gasteiger partial charge in [-0.15, -0.1) is 0 Å². The molecule has 15 heavy (non-hydrogen) atoms. The van der Waals surface area contributed by atoms with Crippen LogP contribution in [0, 0.1) is 0 Å². The molecule has 0 bridgehead atoms. The van der Waals surface area contributed by atoms with Gasteiger partial charge in [0.15, 0.2) is 0 Å². The lowest BCUT2D eigenvalue weighted by Crippen LogP contribution is -2.19. The molecular weight excluding hydrogens is 206 g/mol. The molecule has 0 aromatic carbocycles. The molecule has 1 unspecified atom stereocenters. The summed E-state index contributed by atoms with van der Waals surface area (Å²) >= 11 is 4.97. The molecule has 1 rings (SSSR count). The van der Waals surface area contributed by atoms with E-state index in [2.05, 4.69) is 30.3 Å². The van der Waals surface area contributed by atoms with Crippen molar-refractivity contribution in [1.82, 2.24) is 9.55 Å². The average Bonchev–Trinajstić information content (AvgIpc) is 2.62. The molecule has 84 valence electrons. The number of hydrogen-bond acceptors (Lipinski definition) is 2. The van der Waals surface area contributed by atoms with E-state index in [1.54, 1.807) is 0 Å². The van der Waals surface area contributed by atoms with Crippen LogP contribution in [-0.2, 0) is 0 Å². The van der Waals surface area contributed by atoms with Gasteiger partial charge in [0, 0.05) is 30.8 Å². The first kappa shape index (κ1) is 12.2. The van der Waals surface area contributed by atoms with E-state index >= 15 is 0 Å². The number of rotatable bonds is 5. The topological polar surface area (TPSA) is 43.8 Å². The molecule has 4 heteroatoms. The summed E-state index contributed by atoms with van der Waals surface area (Å²) in [6.07, 6.45) is 5.63. The lowest BCUT2D eigenvalue weighted by atomic mass is 10.1. The summed E-state index contributed by atoms with van der Waals surface area (Å²) < 4.78 is 2.20. The van der Waals surface area contributed by atoms with Gasteiger partial charge in [-0.2, -0.15) is 0 Å². The SMILES string of the molecule is CCC(CC(N)=S)n1ccnc1C(C)C. The van der Waals surface area contributed by atoms with Crippen LogP contribution in [0.1, 0.15) is 51.4 Å². The first-order chi connectivity index (χ1) is 7.06. The molecule has 1 atom stereocenters. The van der Waals surface area contributed by atoms with Crippen LogP contribution in [-0.4, -0.2) is 14.5 Å². The highest BCUT2D eigenvalue weighted by molar-refractivity contribution is 7.80. The Morgan fingerprint density at radius 2 is 2.27 bits per heavy atom. The van der Waals surface area contributed by atoms with Crippen LogP contribution in [0.3, 0.4) is 0 Å². The Kier molecular flexibility index (Phi) is 4.27. The van der Waals surface area contributed by atoms with E-state index in [0.717, 1.165) is 18.7 Å². The highest BCUT2D eigenvalue weighted by Gasteiger charge is 2.15. The number of nitrogens with two attached hydrogens (primary N) is 1. The van der Waals surface area contributed by atoms with Crippen LogP contribution >= 0.6 is 12.2 Å². The minimum absolute atomic E-state index is 0.349. The molecule has 0 aliphatic carbocycles. The quantitative estimate of drug-likeness (QED) is 0.783. The molecular formula is C11H19N3S. The van der Waals surface area contributed by atoms with Crippen LogP contribution < -0.4 is 5.73 Å². The van der Waals surface area contributed by atoms with E-state index in [0.29, 0.717) is 16.9 Å². The summed E-state index contributed by atoms with van der Waals surface area (Å²) in [5.74, 6) is 1.54. The van der Waals surface area contributed by atoms with Gasteiger partial charge >= 0.3 is 0 Å². The molecule has 0 aliphatic rings. The number of imidazole rings is 1. The number of nitrogens with zero attached hydrogens (tertiary/aromatic N) is 2. The van der Waals surface area contributed by atoms with Gasteiger partial charge in [0.05, 0.1) is 4.99 Å². The van der Waals surface area contributed by atoms with Crippen LogP contribution in [0.25, 0.3) is 0 Å². The minimum Gasteiger partial charge on any atom is -0.393 e. The van der Waals surface area contributed by atoms with E-state index in [1.165, 1.54) is 0 Å². The first-order valence-corrected chi connectivity index (χ1v) is 5.78. The summed E-state index contributed by atoms with van der Waals surface area (Å²) in [6, 6.07) is 0.349. The van der Waals surface area contributed by atoms with Crippen molar-refractivity contribution in [2.75, 3.05) is 0 Å². The number of thiocarbonyl (C=S) groups is 1. The predicted molar refractivity (Wildman–Crippen MR) is 67.0 cm³/mol. The van der Waals surface area contributed by atoms with Crippen molar-refractivity contribution in [1.29, 1.82) is 0 Å². The van der Waals surface area contributed by atoms with Crippen molar-refractivity contribution in [3.8, 4) is 0 Å². The third-order valence-electron chi connectivity index (χ3n) is 2.52. The molecule has 0 amide bonds. The Morgan fingerprint density at radius 1 is 1.60 bits per heavy atom. The van der Waals surface area contributed by atoms with Gasteiger partial charge in [-0.3, -0.25) is 0 Å². The summed E-state index contributed by atoms with van der Waals surface area (Å²) in [7, 11) is 0. The number of aromatic nitrogens is 2. The maximum Gasteiger partial charge on any atom is 0.111 e.